The minimum absolute atomic E-state index is 0.120. The minimum atomic E-state index is -0.120. The van der Waals surface area contributed by atoms with Gasteiger partial charge in [0.15, 0.2) is 5.13 Å². The van der Waals surface area contributed by atoms with Crippen molar-refractivity contribution in [1.82, 2.24) is 4.98 Å². The van der Waals surface area contributed by atoms with Crippen molar-refractivity contribution in [2.45, 2.75) is 13.5 Å². The number of halogens is 1. The Kier molecular flexibility index (Phi) is 5.74. The number of aromatic nitrogens is 1. The van der Waals surface area contributed by atoms with Gasteiger partial charge in [-0.1, -0.05) is 89.7 Å². The van der Waals surface area contributed by atoms with Gasteiger partial charge in [0.05, 0.1) is 21.8 Å². The van der Waals surface area contributed by atoms with Crippen LogP contribution in [0.15, 0.2) is 78.9 Å². The summed E-state index contributed by atoms with van der Waals surface area (Å²) in [6.07, 6.45) is 3.42. The topological polar surface area (TPSA) is 33.2 Å². The molecule has 0 saturated heterocycles. The second-order valence-corrected chi connectivity index (χ2v) is 8.08. The molecule has 1 aromatic heterocycles. The Morgan fingerprint density at radius 2 is 1.72 bits per heavy atom. The maximum atomic E-state index is 13.1. The van der Waals surface area contributed by atoms with E-state index in [1.165, 1.54) is 11.3 Å². The van der Waals surface area contributed by atoms with Crippen molar-refractivity contribution < 1.29 is 4.79 Å². The maximum absolute atomic E-state index is 13.1. The van der Waals surface area contributed by atoms with E-state index in [2.05, 4.69) is 0 Å². The molecule has 5 heteroatoms. The first-order chi connectivity index (χ1) is 14.1. The van der Waals surface area contributed by atoms with E-state index in [0.29, 0.717) is 16.7 Å². The normalized spacial score (nSPS) is 11.2. The van der Waals surface area contributed by atoms with E-state index in [0.717, 1.165) is 26.9 Å². The molecule has 0 aliphatic carbocycles. The van der Waals surface area contributed by atoms with Crippen molar-refractivity contribution >= 4 is 50.3 Å². The number of carbonyl (C=O) groups is 1. The Bertz CT molecular complexity index is 1130. The molecule has 1 heterocycles. The largest absolute Gasteiger partial charge is 0.280 e. The molecule has 1 amide bonds. The van der Waals surface area contributed by atoms with Gasteiger partial charge in [0.25, 0.3) is 5.91 Å². The van der Waals surface area contributed by atoms with Crippen LogP contribution in [0.1, 0.15) is 16.7 Å². The molecule has 144 valence electrons. The van der Waals surface area contributed by atoms with Crippen molar-refractivity contribution in [3.05, 3.63) is 101 Å². The summed E-state index contributed by atoms with van der Waals surface area (Å²) in [5.74, 6) is -0.120. The third kappa shape index (κ3) is 4.39. The van der Waals surface area contributed by atoms with Crippen LogP contribution < -0.4 is 4.90 Å². The van der Waals surface area contributed by atoms with Gasteiger partial charge in [0, 0.05) is 6.08 Å². The number of fused-ring (bicyclic) bond motifs is 1. The molecule has 0 aliphatic rings. The van der Waals surface area contributed by atoms with Crippen LogP contribution >= 0.6 is 22.9 Å². The highest BCUT2D eigenvalue weighted by Gasteiger charge is 2.20. The van der Waals surface area contributed by atoms with Gasteiger partial charge in [-0.25, -0.2) is 4.98 Å². The van der Waals surface area contributed by atoms with Gasteiger partial charge < -0.3 is 0 Å². The Labute approximate surface area is 178 Å². The van der Waals surface area contributed by atoms with Crippen molar-refractivity contribution in [1.29, 1.82) is 0 Å². The van der Waals surface area contributed by atoms with Crippen molar-refractivity contribution in [3.8, 4) is 0 Å². The van der Waals surface area contributed by atoms with E-state index in [1.54, 1.807) is 11.0 Å². The molecular weight excluding hydrogens is 400 g/mol. The number of anilines is 1. The molecule has 0 fully saturated rings. The number of nitrogens with zero attached hydrogens (tertiary/aromatic N) is 2. The van der Waals surface area contributed by atoms with Crippen LogP contribution in [0.5, 0.6) is 0 Å². The molecule has 0 bridgehead atoms. The molecule has 4 rings (SSSR count). The first kappa shape index (κ1) is 19.4. The molecule has 0 spiro atoms. The van der Waals surface area contributed by atoms with Crippen LogP contribution in [-0.2, 0) is 11.3 Å². The van der Waals surface area contributed by atoms with Crippen LogP contribution in [0.4, 0.5) is 5.13 Å². The number of aryl methyl sites for hydroxylation is 1. The lowest BCUT2D eigenvalue weighted by Crippen LogP contribution is -2.28. The first-order valence-electron chi connectivity index (χ1n) is 9.26. The molecular formula is C24H19ClN2OS. The van der Waals surface area contributed by atoms with E-state index in [-0.39, 0.29) is 5.91 Å². The summed E-state index contributed by atoms with van der Waals surface area (Å²) in [6, 6.07) is 23.5. The Hall–Kier alpha value is -2.95. The highest BCUT2D eigenvalue weighted by Crippen LogP contribution is 2.36. The Morgan fingerprint density at radius 1 is 1.03 bits per heavy atom. The molecule has 0 atom stereocenters. The van der Waals surface area contributed by atoms with Crippen molar-refractivity contribution in [2.24, 2.45) is 0 Å². The smallest absolute Gasteiger partial charge is 0.253 e. The second-order valence-electron chi connectivity index (χ2n) is 6.69. The summed E-state index contributed by atoms with van der Waals surface area (Å²) >= 11 is 7.82. The van der Waals surface area contributed by atoms with Gasteiger partial charge in [-0.15, -0.1) is 0 Å². The fraction of sp³-hybridized carbons (Fsp3) is 0.0833. The molecule has 0 aliphatic heterocycles. The van der Waals surface area contributed by atoms with Crippen LogP contribution in [0, 0.1) is 6.92 Å². The molecule has 0 N–H and O–H groups in total. The number of thiazole rings is 1. The predicted octanol–water partition coefficient (Wildman–Crippen LogP) is 6.50. The van der Waals surface area contributed by atoms with E-state index >= 15 is 0 Å². The monoisotopic (exact) mass is 418 g/mol. The number of hydrogen-bond donors (Lipinski definition) is 0. The van der Waals surface area contributed by atoms with Gasteiger partial charge in [0.2, 0.25) is 0 Å². The summed E-state index contributed by atoms with van der Waals surface area (Å²) in [4.78, 5) is 19.6. The number of carbonyl (C=O) groups excluding carboxylic acids is 1. The van der Waals surface area contributed by atoms with Gasteiger partial charge in [-0.3, -0.25) is 9.69 Å². The molecule has 3 aromatic carbocycles. The lowest BCUT2D eigenvalue weighted by atomic mass is 10.2. The molecule has 3 nitrogen and oxygen atoms in total. The van der Waals surface area contributed by atoms with Gasteiger partial charge >= 0.3 is 0 Å². The maximum Gasteiger partial charge on any atom is 0.253 e. The Morgan fingerprint density at radius 3 is 2.41 bits per heavy atom. The Balaban J connectivity index is 1.72. The third-order valence-electron chi connectivity index (χ3n) is 4.58. The van der Waals surface area contributed by atoms with Crippen molar-refractivity contribution in [3.63, 3.8) is 0 Å². The number of hydrogen-bond acceptors (Lipinski definition) is 3. The summed E-state index contributed by atoms with van der Waals surface area (Å²) < 4.78 is 0.902. The van der Waals surface area contributed by atoms with Crippen LogP contribution in [-0.4, -0.2) is 10.9 Å². The van der Waals surface area contributed by atoms with Gasteiger partial charge in [-0.2, -0.15) is 0 Å². The summed E-state index contributed by atoms with van der Waals surface area (Å²) in [7, 11) is 0. The SMILES string of the molecule is Cc1ccc(Cl)c2sc(N(Cc3ccccc3)C(=O)/C=C/c3ccccc3)nc12. The fourth-order valence-electron chi connectivity index (χ4n) is 3.03. The molecule has 4 aromatic rings. The molecule has 0 unspecified atom stereocenters. The average molecular weight is 419 g/mol. The van der Waals surface area contributed by atoms with E-state index in [1.807, 2.05) is 85.8 Å². The van der Waals surface area contributed by atoms with Crippen LogP contribution in [0.2, 0.25) is 5.02 Å². The predicted molar refractivity (Wildman–Crippen MR) is 122 cm³/mol. The zero-order chi connectivity index (χ0) is 20.2. The van der Waals surface area contributed by atoms with Crippen molar-refractivity contribution in [2.75, 3.05) is 4.90 Å². The van der Waals surface area contributed by atoms with E-state index in [9.17, 15) is 4.79 Å². The zero-order valence-electron chi connectivity index (χ0n) is 15.9. The summed E-state index contributed by atoms with van der Waals surface area (Å²) in [5, 5.41) is 1.30. The minimum Gasteiger partial charge on any atom is -0.280 e. The number of rotatable bonds is 5. The highest BCUT2D eigenvalue weighted by molar-refractivity contribution is 7.23. The second kappa shape index (κ2) is 8.60. The van der Waals surface area contributed by atoms with Crippen LogP contribution in [0.25, 0.3) is 16.3 Å². The number of benzene rings is 3. The van der Waals surface area contributed by atoms with E-state index in [4.69, 9.17) is 16.6 Å². The van der Waals surface area contributed by atoms with Gasteiger partial charge in [-0.05, 0) is 35.8 Å². The molecule has 29 heavy (non-hydrogen) atoms. The summed E-state index contributed by atoms with van der Waals surface area (Å²) in [6.45, 7) is 2.44. The summed E-state index contributed by atoms with van der Waals surface area (Å²) in [5.41, 5.74) is 3.90. The standard InChI is InChI=1S/C24H19ClN2OS/c1-17-12-14-20(25)23-22(17)26-24(29-23)27(16-19-10-6-3-7-11-19)21(28)15-13-18-8-4-2-5-9-18/h2-15H,16H2,1H3/b15-13+. The van der Waals surface area contributed by atoms with Gasteiger partial charge in [0.1, 0.15) is 0 Å². The first-order valence-corrected chi connectivity index (χ1v) is 10.5. The van der Waals surface area contributed by atoms with Crippen LogP contribution in [0.3, 0.4) is 0 Å². The van der Waals surface area contributed by atoms with E-state index < -0.39 is 0 Å². The number of amides is 1. The quantitative estimate of drug-likeness (QED) is 0.346. The highest BCUT2D eigenvalue weighted by atomic mass is 35.5. The average Bonchev–Trinajstić information content (AvgIpc) is 3.21. The fourth-order valence-corrected chi connectivity index (χ4v) is 4.35. The lowest BCUT2D eigenvalue weighted by Gasteiger charge is -2.18. The molecule has 0 saturated carbocycles. The third-order valence-corrected chi connectivity index (χ3v) is 6.12. The molecule has 0 radical (unpaired) electrons. The lowest BCUT2D eigenvalue weighted by molar-refractivity contribution is -0.114. The zero-order valence-corrected chi connectivity index (χ0v) is 17.5.